The van der Waals surface area contributed by atoms with Gasteiger partial charge < -0.3 is 20.3 Å². The van der Waals surface area contributed by atoms with Crippen LogP contribution in [0.2, 0.25) is 0 Å². The first kappa shape index (κ1) is 17.4. The van der Waals surface area contributed by atoms with E-state index in [0.29, 0.717) is 23.2 Å². The summed E-state index contributed by atoms with van der Waals surface area (Å²) in [5, 5.41) is 14.4. The van der Waals surface area contributed by atoms with Crippen molar-refractivity contribution < 1.29 is 23.8 Å². The first-order valence-electron chi connectivity index (χ1n) is 8.97. The molecule has 0 radical (unpaired) electrons. The number of piperidine rings is 1. The maximum Gasteiger partial charge on any atom is 0.414 e. The second-order valence-corrected chi connectivity index (χ2v) is 7.45. The molecule has 5 atom stereocenters. The fourth-order valence-corrected chi connectivity index (χ4v) is 4.39. The first-order valence-corrected chi connectivity index (χ1v) is 8.97. The number of cyclic esters (lactones) is 1. The Balaban J connectivity index is 1.47. The number of rotatable bonds is 4. The number of halogens is 1. The second kappa shape index (κ2) is 6.61. The average molecular weight is 363 g/mol. The highest BCUT2D eigenvalue weighted by Gasteiger charge is 2.41. The lowest BCUT2D eigenvalue weighted by Crippen LogP contribution is -3.10. The van der Waals surface area contributed by atoms with Crippen molar-refractivity contribution >= 4 is 17.7 Å². The molecular formula is C18H22FN3O4. The molecule has 2 unspecified atom stereocenters. The van der Waals surface area contributed by atoms with Crippen LogP contribution >= 0.6 is 0 Å². The molecule has 0 aromatic heterocycles. The minimum absolute atomic E-state index is 0.134. The largest absolute Gasteiger partial charge is 0.627 e. The summed E-state index contributed by atoms with van der Waals surface area (Å²) in [5.41, 5.74) is 1.12. The molecule has 2 saturated heterocycles. The molecule has 2 N–H and O–H groups in total. The van der Waals surface area contributed by atoms with Crippen molar-refractivity contribution in [3.8, 4) is 0 Å². The lowest BCUT2D eigenvalue weighted by atomic mass is 9.87. The predicted octanol–water partition coefficient (Wildman–Crippen LogP) is 0.546. The molecule has 2 heterocycles. The van der Waals surface area contributed by atoms with Gasteiger partial charge in [-0.2, -0.15) is 0 Å². The van der Waals surface area contributed by atoms with E-state index >= 15 is 0 Å². The molecule has 0 spiro atoms. The Hall–Kier alpha value is -2.03. The number of carbonyl (C=O) groups is 2. The predicted molar refractivity (Wildman–Crippen MR) is 91.1 cm³/mol. The van der Waals surface area contributed by atoms with Gasteiger partial charge in [-0.05, 0) is 48.9 Å². The molecule has 3 aliphatic rings. The van der Waals surface area contributed by atoms with E-state index in [-0.39, 0.29) is 24.8 Å². The van der Waals surface area contributed by atoms with Crippen LogP contribution in [0.4, 0.5) is 14.9 Å². The first-order chi connectivity index (χ1) is 12.4. The van der Waals surface area contributed by atoms with Gasteiger partial charge in [0.2, 0.25) is 0 Å². The number of nitrogens with zero attached hydrogens (tertiary/aromatic N) is 1. The van der Waals surface area contributed by atoms with E-state index in [2.05, 4.69) is 5.32 Å². The molecule has 2 aliphatic heterocycles. The highest BCUT2D eigenvalue weighted by Crippen LogP contribution is 2.44. The summed E-state index contributed by atoms with van der Waals surface area (Å²) in [6.07, 6.45) is 0.735. The van der Waals surface area contributed by atoms with E-state index in [0.717, 1.165) is 19.4 Å². The van der Waals surface area contributed by atoms with Crippen LogP contribution in [0.3, 0.4) is 0 Å². The van der Waals surface area contributed by atoms with Crippen molar-refractivity contribution in [1.82, 2.24) is 5.32 Å². The number of fused-ring (bicyclic) bond motifs is 2. The van der Waals surface area contributed by atoms with Crippen LogP contribution in [0.1, 0.15) is 31.2 Å². The Labute approximate surface area is 150 Å². The highest BCUT2D eigenvalue weighted by molar-refractivity contribution is 5.89. The van der Waals surface area contributed by atoms with Gasteiger partial charge in [0.1, 0.15) is 12.4 Å². The summed E-state index contributed by atoms with van der Waals surface area (Å²) in [6.45, 7) is 2.11. The lowest BCUT2D eigenvalue weighted by Gasteiger charge is -2.24. The van der Waals surface area contributed by atoms with Gasteiger partial charge >= 0.3 is 12.0 Å². The van der Waals surface area contributed by atoms with Gasteiger partial charge in [0, 0.05) is 6.04 Å². The summed E-state index contributed by atoms with van der Waals surface area (Å²) in [5.74, 6) is -0.174. The fourth-order valence-electron chi connectivity index (χ4n) is 4.39. The van der Waals surface area contributed by atoms with Crippen LogP contribution in [-0.4, -0.2) is 43.8 Å². The van der Waals surface area contributed by atoms with Crippen LogP contribution in [0, 0.1) is 16.9 Å². The summed E-state index contributed by atoms with van der Waals surface area (Å²) < 4.78 is 19.9. The van der Waals surface area contributed by atoms with Gasteiger partial charge in [-0.3, -0.25) is 4.90 Å². The van der Waals surface area contributed by atoms with Gasteiger partial charge in [0.15, 0.2) is 6.10 Å². The molecular weight excluding hydrogens is 341 g/mol. The molecule has 3 fully saturated rings. The zero-order valence-corrected chi connectivity index (χ0v) is 14.5. The Morgan fingerprint density at radius 1 is 1.46 bits per heavy atom. The number of hydrogen-bond donors (Lipinski definition) is 2. The third-order valence-electron chi connectivity index (χ3n) is 5.74. The van der Waals surface area contributed by atoms with Gasteiger partial charge in [0.05, 0.1) is 19.2 Å². The Morgan fingerprint density at radius 2 is 2.27 bits per heavy atom. The number of hydroxylamine groups is 2. The number of ether oxygens (including phenoxy) is 1. The van der Waals surface area contributed by atoms with E-state index in [4.69, 9.17) is 4.74 Å². The van der Waals surface area contributed by atoms with E-state index in [9.17, 15) is 19.2 Å². The van der Waals surface area contributed by atoms with Crippen molar-refractivity contribution in [3.05, 3.63) is 34.8 Å². The summed E-state index contributed by atoms with van der Waals surface area (Å²) in [6, 6.07) is 5.34. The summed E-state index contributed by atoms with van der Waals surface area (Å²) in [4.78, 5) is 24.5. The number of quaternary nitrogens is 1. The van der Waals surface area contributed by atoms with Crippen molar-refractivity contribution in [2.24, 2.45) is 5.92 Å². The third-order valence-corrected chi connectivity index (χ3v) is 5.74. The van der Waals surface area contributed by atoms with Crippen LogP contribution in [0.5, 0.6) is 0 Å². The van der Waals surface area contributed by atoms with Gasteiger partial charge in [-0.1, -0.05) is 6.07 Å². The number of nitrogens with one attached hydrogen (secondary N) is 2. The average Bonchev–Trinajstić information content (AvgIpc) is 3.30. The topological polar surface area (TPSA) is 86.1 Å². The van der Waals surface area contributed by atoms with E-state index in [1.807, 2.05) is 0 Å². The molecule has 2 bridgehead atoms. The van der Waals surface area contributed by atoms with Crippen LogP contribution < -0.4 is 15.3 Å². The molecule has 1 aliphatic carbocycles. The van der Waals surface area contributed by atoms with Crippen molar-refractivity contribution in [2.45, 2.75) is 37.8 Å². The minimum atomic E-state index is -0.682. The molecule has 1 saturated carbocycles. The second-order valence-electron chi connectivity index (χ2n) is 7.45. The van der Waals surface area contributed by atoms with E-state index < -0.39 is 23.2 Å². The van der Waals surface area contributed by atoms with Gasteiger partial charge in [-0.25, -0.2) is 14.0 Å². The Bertz CT molecular complexity index is 743. The molecule has 1 aromatic carbocycles. The molecule has 1 aromatic rings. The quantitative estimate of drug-likeness (QED) is 0.763. The number of hydrogen-bond acceptors (Lipinski definition) is 5. The standard InChI is InChI=1S/C18H22FN3O4/c1-10(23)22(25)9-14-8-21(18(24)26-14)13-2-3-15(17(19)6-13)16-5-12-4-11(16)7-20-12/h2-3,6,11-12,14,16,20,22H,4-5,7-9H2,1H3/t11-,12-,14+,16?/m1/s1. The molecule has 26 heavy (non-hydrogen) atoms. The summed E-state index contributed by atoms with van der Waals surface area (Å²) in [7, 11) is 0. The maximum absolute atomic E-state index is 14.7. The zero-order valence-electron chi connectivity index (χ0n) is 14.5. The monoisotopic (exact) mass is 363 g/mol. The number of amides is 2. The molecule has 4 rings (SSSR count). The third kappa shape index (κ3) is 3.08. The molecule has 8 heteroatoms. The Kier molecular flexibility index (Phi) is 4.42. The van der Waals surface area contributed by atoms with Gasteiger partial charge in [-0.15, -0.1) is 0 Å². The molecule has 140 valence electrons. The van der Waals surface area contributed by atoms with Gasteiger partial charge in [0.25, 0.3) is 0 Å². The molecule has 2 amide bonds. The van der Waals surface area contributed by atoms with Crippen molar-refractivity contribution in [1.29, 1.82) is 0 Å². The number of benzene rings is 1. The summed E-state index contributed by atoms with van der Waals surface area (Å²) >= 11 is 0. The number of anilines is 1. The smallest absolute Gasteiger partial charge is 0.414 e. The Morgan fingerprint density at radius 3 is 2.88 bits per heavy atom. The maximum atomic E-state index is 14.7. The minimum Gasteiger partial charge on any atom is -0.627 e. The highest BCUT2D eigenvalue weighted by atomic mass is 19.1. The van der Waals surface area contributed by atoms with Crippen LogP contribution in [-0.2, 0) is 9.53 Å². The number of carbonyl (C=O) groups excluding carboxylic acids is 2. The van der Waals surface area contributed by atoms with E-state index in [1.54, 1.807) is 12.1 Å². The van der Waals surface area contributed by atoms with E-state index in [1.165, 1.54) is 17.9 Å². The van der Waals surface area contributed by atoms with Crippen molar-refractivity contribution in [3.63, 3.8) is 0 Å². The normalized spacial score (nSPS) is 31.3. The lowest BCUT2D eigenvalue weighted by molar-refractivity contribution is -0.768. The fraction of sp³-hybridized carbons (Fsp3) is 0.556. The zero-order chi connectivity index (χ0) is 18.4. The molecule has 7 nitrogen and oxygen atoms in total. The van der Waals surface area contributed by atoms with Crippen molar-refractivity contribution in [2.75, 3.05) is 24.5 Å². The van der Waals surface area contributed by atoms with Crippen LogP contribution in [0.15, 0.2) is 18.2 Å². The van der Waals surface area contributed by atoms with Crippen LogP contribution in [0.25, 0.3) is 0 Å². The SMILES string of the molecule is CC(=O)[NH+]([O-])C[C@@H]1CN(c2ccc(C3C[C@H]4C[C@@H]3CN4)c(F)c2)C(=O)O1.